The number of rotatable bonds is 4. The summed E-state index contributed by atoms with van der Waals surface area (Å²) >= 11 is 0. The molecule has 0 saturated carbocycles. The van der Waals surface area contributed by atoms with Crippen molar-refractivity contribution in [2.75, 3.05) is 0 Å². The van der Waals surface area contributed by atoms with Gasteiger partial charge in [-0.15, -0.1) is 0 Å². The van der Waals surface area contributed by atoms with Crippen molar-refractivity contribution < 1.29 is 15.0 Å². The van der Waals surface area contributed by atoms with E-state index in [1.165, 1.54) is 0 Å². The molecule has 1 atom stereocenters. The number of nitro groups is 2. The highest BCUT2D eigenvalue weighted by Gasteiger charge is 2.40. The van der Waals surface area contributed by atoms with E-state index in [2.05, 4.69) is 6.92 Å². The molecule has 1 unspecified atom stereocenters. The van der Waals surface area contributed by atoms with Crippen LogP contribution < -0.4 is 0 Å². The van der Waals surface area contributed by atoms with Gasteiger partial charge in [-0.25, -0.2) is 0 Å². The van der Waals surface area contributed by atoms with E-state index in [9.17, 15) is 25.3 Å². The van der Waals surface area contributed by atoms with Gasteiger partial charge in [-0.3, -0.25) is 20.2 Å². The van der Waals surface area contributed by atoms with Gasteiger partial charge in [0, 0.05) is 12.1 Å². The van der Waals surface area contributed by atoms with Crippen molar-refractivity contribution in [2.24, 2.45) is 0 Å². The van der Waals surface area contributed by atoms with Crippen LogP contribution in [-0.2, 0) is 5.22 Å². The number of non-ortho nitro benzene ring substituents is 2. The zero-order chi connectivity index (χ0) is 15.0. The molecule has 0 bridgehead atoms. The predicted octanol–water partition coefficient (Wildman–Crippen LogP) is 2.40. The quantitative estimate of drug-likeness (QED) is 0.518. The summed E-state index contributed by atoms with van der Waals surface area (Å²) in [5.74, 6) is 0. The van der Waals surface area contributed by atoms with Crippen molar-refractivity contribution >= 4 is 19.4 Å². The van der Waals surface area contributed by atoms with Crippen LogP contribution in [-0.4, -0.2) is 23.0 Å². The molecule has 0 amide bonds. The van der Waals surface area contributed by atoms with E-state index in [1.54, 1.807) is 0 Å². The molecule has 0 saturated heterocycles. The van der Waals surface area contributed by atoms with E-state index in [0.717, 1.165) is 18.2 Å². The molecule has 8 heteroatoms. The highest BCUT2D eigenvalue weighted by Crippen LogP contribution is 2.35. The number of nitrogens with zero attached hydrogens (tertiary/aromatic N) is 2. The maximum Gasteiger partial charge on any atom is 0.276 e. The second kappa shape index (κ2) is 4.70. The van der Waals surface area contributed by atoms with Gasteiger partial charge in [-0.1, -0.05) is 19.6 Å². The van der Waals surface area contributed by atoms with Crippen molar-refractivity contribution in [3.8, 4) is 0 Å². The summed E-state index contributed by atoms with van der Waals surface area (Å²) in [6.07, 6.45) is 0. The van der Waals surface area contributed by atoms with Crippen LogP contribution in [0.4, 0.5) is 11.4 Å². The lowest BCUT2D eigenvalue weighted by molar-refractivity contribution is -0.394. The van der Waals surface area contributed by atoms with E-state index in [-0.39, 0.29) is 5.56 Å². The molecule has 0 heterocycles. The Kier molecular flexibility index (Phi) is 3.78. The normalized spacial score (nSPS) is 14.8. The molecule has 0 aliphatic rings. The average molecular weight is 283 g/mol. The highest BCUT2D eigenvalue weighted by molar-refractivity contribution is 6.78. The third-order valence-electron chi connectivity index (χ3n) is 3.04. The first kappa shape index (κ1) is 15.3. The summed E-state index contributed by atoms with van der Waals surface area (Å²) in [5.41, 5.74) is -0.749. The Hall–Kier alpha value is -1.80. The minimum Gasteiger partial charge on any atom is -0.389 e. The summed E-state index contributed by atoms with van der Waals surface area (Å²) in [6.45, 7) is 9.16. The Balaban J connectivity index is 3.52. The van der Waals surface area contributed by atoms with E-state index < -0.39 is 34.5 Å². The van der Waals surface area contributed by atoms with Gasteiger partial charge < -0.3 is 5.11 Å². The van der Waals surface area contributed by atoms with Gasteiger partial charge in [0.05, 0.1) is 29.2 Å². The maximum atomic E-state index is 10.8. The molecule has 1 aromatic carbocycles. The Morgan fingerprint density at radius 2 is 1.47 bits per heavy atom. The molecular formula is C11H15N2O5Si. The number of benzene rings is 1. The van der Waals surface area contributed by atoms with Crippen LogP contribution in [0.5, 0.6) is 0 Å². The topological polar surface area (TPSA) is 107 Å². The second-order valence-corrected chi connectivity index (χ2v) is 10.7. The molecule has 1 N–H and O–H groups in total. The van der Waals surface area contributed by atoms with Gasteiger partial charge in [0.1, 0.15) is 0 Å². The summed E-state index contributed by atoms with van der Waals surface area (Å²) in [6, 6.07) is 3.14. The summed E-state index contributed by atoms with van der Waals surface area (Å²) in [7, 11) is -2.24. The molecule has 7 nitrogen and oxygen atoms in total. The first-order valence-electron chi connectivity index (χ1n) is 5.49. The molecule has 1 aromatic rings. The van der Waals surface area contributed by atoms with Crippen LogP contribution in [0.3, 0.4) is 0 Å². The lowest BCUT2D eigenvalue weighted by Crippen LogP contribution is -2.47. The van der Waals surface area contributed by atoms with Gasteiger partial charge in [-0.05, 0) is 12.5 Å². The van der Waals surface area contributed by atoms with Crippen LogP contribution in [0.15, 0.2) is 18.2 Å². The van der Waals surface area contributed by atoms with Gasteiger partial charge in [0.2, 0.25) is 0 Å². The Morgan fingerprint density at radius 3 is 1.74 bits per heavy atom. The van der Waals surface area contributed by atoms with E-state index in [0.29, 0.717) is 0 Å². The molecular weight excluding hydrogens is 268 g/mol. The fraction of sp³-hybridized carbons (Fsp3) is 0.364. The third kappa shape index (κ3) is 2.96. The van der Waals surface area contributed by atoms with Crippen LogP contribution >= 0.6 is 0 Å². The molecule has 103 valence electrons. The van der Waals surface area contributed by atoms with Gasteiger partial charge in [0.15, 0.2) is 0 Å². The monoisotopic (exact) mass is 283 g/mol. The standard InChI is InChI=1S/C11H15N2O5Si/c1-11(14,19(2,3)4)8-5-9(12(15)16)7-10(6-8)13(17)18/h5-7,14H,1H2,2-4H3. The summed E-state index contributed by atoms with van der Waals surface area (Å²) in [5, 5.41) is 30.5. The molecule has 0 aliphatic carbocycles. The zero-order valence-electron chi connectivity index (χ0n) is 10.9. The van der Waals surface area contributed by atoms with Gasteiger partial charge >= 0.3 is 0 Å². The van der Waals surface area contributed by atoms with Gasteiger partial charge in [0.25, 0.3) is 11.4 Å². The van der Waals surface area contributed by atoms with Crippen LogP contribution in [0, 0.1) is 27.2 Å². The summed E-state index contributed by atoms with van der Waals surface area (Å²) in [4.78, 5) is 20.1. The van der Waals surface area contributed by atoms with Crippen LogP contribution in [0.1, 0.15) is 5.56 Å². The molecule has 0 aromatic heterocycles. The Morgan fingerprint density at radius 1 is 1.11 bits per heavy atom. The van der Waals surface area contributed by atoms with Crippen molar-refractivity contribution in [3.63, 3.8) is 0 Å². The summed E-state index contributed by atoms with van der Waals surface area (Å²) < 4.78 is 0. The van der Waals surface area contributed by atoms with Crippen molar-refractivity contribution in [2.45, 2.75) is 24.9 Å². The largest absolute Gasteiger partial charge is 0.389 e. The molecule has 0 spiro atoms. The highest BCUT2D eigenvalue weighted by atomic mass is 28.3. The van der Waals surface area contributed by atoms with Crippen molar-refractivity contribution in [1.29, 1.82) is 0 Å². The molecule has 0 fully saturated rings. The Labute approximate surface area is 111 Å². The van der Waals surface area contributed by atoms with Crippen LogP contribution in [0.25, 0.3) is 0 Å². The smallest absolute Gasteiger partial charge is 0.276 e. The SMILES string of the molecule is [CH2]C(O)(c1cc([N+](=O)[O-])cc([N+](=O)[O-])c1)[Si](C)(C)C. The second-order valence-electron chi connectivity index (χ2n) is 5.36. The first-order valence-corrected chi connectivity index (χ1v) is 8.99. The maximum absolute atomic E-state index is 10.8. The number of hydrogen-bond acceptors (Lipinski definition) is 5. The molecule has 1 radical (unpaired) electrons. The molecule has 1 rings (SSSR count). The van der Waals surface area contributed by atoms with E-state index in [4.69, 9.17) is 0 Å². The molecule has 0 aliphatic heterocycles. The fourth-order valence-electron chi connectivity index (χ4n) is 1.48. The number of nitro benzene ring substituents is 2. The lowest BCUT2D eigenvalue weighted by Gasteiger charge is -2.35. The fourth-order valence-corrected chi connectivity index (χ4v) is 2.49. The zero-order valence-corrected chi connectivity index (χ0v) is 11.9. The average Bonchev–Trinajstić information content (AvgIpc) is 2.26. The van der Waals surface area contributed by atoms with Crippen molar-refractivity contribution in [1.82, 2.24) is 0 Å². The number of aliphatic hydroxyl groups is 1. The van der Waals surface area contributed by atoms with E-state index >= 15 is 0 Å². The van der Waals surface area contributed by atoms with Crippen molar-refractivity contribution in [3.05, 3.63) is 50.9 Å². The Bertz CT molecular complexity index is 504. The first-order chi connectivity index (χ1) is 8.46. The van der Waals surface area contributed by atoms with Gasteiger partial charge in [-0.2, -0.15) is 0 Å². The lowest BCUT2D eigenvalue weighted by atomic mass is 10.1. The third-order valence-corrected chi connectivity index (χ3v) is 5.81. The predicted molar refractivity (Wildman–Crippen MR) is 72.4 cm³/mol. The van der Waals surface area contributed by atoms with E-state index in [1.807, 2.05) is 19.6 Å². The van der Waals surface area contributed by atoms with Crippen LogP contribution in [0.2, 0.25) is 19.6 Å². The number of hydrogen-bond donors (Lipinski definition) is 1. The minimum atomic E-state index is -2.24. The minimum absolute atomic E-state index is 0.104. The molecule has 19 heavy (non-hydrogen) atoms.